The van der Waals surface area contributed by atoms with Crippen LogP contribution in [0.5, 0.6) is 11.5 Å². The smallest absolute Gasteiger partial charge is 0.508 e. The molecule has 0 saturated carbocycles. The van der Waals surface area contributed by atoms with Crippen LogP contribution >= 0.6 is 0 Å². The first-order valence-electron chi connectivity index (χ1n) is 23.3. The molecular weight excluding hydrogens is 954 g/mol. The van der Waals surface area contributed by atoms with E-state index in [1.54, 1.807) is 0 Å². The zero-order chi connectivity index (χ0) is 45.8. The second-order valence-electron chi connectivity index (χ2n) is 20.6. The molecule has 324 valence electrons. The number of hydrogen-bond donors (Lipinski definition) is 0. The van der Waals surface area contributed by atoms with E-state index in [4.69, 9.17) is 19.5 Å². The van der Waals surface area contributed by atoms with E-state index < -0.39 is 17.5 Å². The van der Waals surface area contributed by atoms with Gasteiger partial charge in [0.2, 0.25) is 0 Å². The third-order valence-electron chi connectivity index (χ3n) is 14.4. The van der Waals surface area contributed by atoms with Crippen molar-refractivity contribution in [2.45, 2.75) is 137 Å². The van der Waals surface area contributed by atoms with E-state index in [1.807, 2.05) is 46.0 Å². The molecule has 1 aliphatic carbocycles. The van der Waals surface area contributed by atoms with Gasteiger partial charge in [-0.25, -0.2) is 4.98 Å². The topological polar surface area (TPSA) is 48.6 Å². The summed E-state index contributed by atoms with van der Waals surface area (Å²) in [4.78, 5) is 10.3. The Hall–Kier alpha value is -4.99. The van der Waals surface area contributed by atoms with Crippen LogP contribution in [0.4, 0.5) is 0 Å². The summed E-state index contributed by atoms with van der Waals surface area (Å²) in [5, 5.41) is 2.29. The van der Waals surface area contributed by atoms with Gasteiger partial charge in [-0.15, -0.1) is 23.1 Å². The largest absolute Gasteiger partial charge is 2.00 e. The minimum atomic E-state index is -1.79. The molecule has 0 bridgehead atoms. The standard InChI is InChI=1S/C57H59N3O2.Pt/c1-31(2)40-17-15-18-41(32(3)4)50(40)36-24-37(53-59-56(13)30-44-35(7)33(5)20-21-45(44)57(56,14)62-53)26-39(25-36)61-49-29-48-42(23-34(49)6)43-27-38(54(8,9)10)28-47-51(43)60(48)52-46(55(47,11)12)19-16-22-58-52;/h15-25,27-28,31-32H,30H2,1-14H3;/q-2;+2/t56-,57+;/m1./s1/i30D2;. The van der Waals surface area contributed by atoms with E-state index in [2.05, 4.69) is 147 Å². The second kappa shape index (κ2) is 14.5. The summed E-state index contributed by atoms with van der Waals surface area (Å²) in [5.74, 6) is 2.85. The number of aliphatic imine (C=N–C) groups is 1. The Morgan fingerprint density at radius 2 is 1.52 bits per heavy atom. The minimum Gasteiger partial charge on any atom is -0.508 e. The van der Waals surface area contributed by atoms with Gasteiger partial charge in [0.15, 0.2) is 0 Å². The maximum atomic E-state index is 9.65. The van der Waals surface area contributed by atoms with E-state index in [0.717, 1.165) is 55.6 Å². The summed E-state index contributed by atoms with van der Waals surface area (Å²) in [6.45, 7) is 30.4. The van der Waals surface area contributed by atoms with Gasteiger partial charge in [0.05, 0.1) is 5.54 Å². The van der Waals surface area contributed by atoms with E-state index >= 15 is 0 Å². The third kappa shape index (κ3) is 6.34. The zero-order valence-electron chi connectivity index (χ0n) is 41.1. The van der Waals surface area contributed by atoms with E-state index in [9.17, 15) is 2.74 Å². The maximum absolute atomic E-state index is 9.65. The number of ether oxygens (including phenoxy) is 2. The molecule has 3 aliphatic rings. The predicted octanol–water partition coefficient (Wildman–Crippen LogP) is 14.4. The average Bonchev–Trinajstić information content (AvgIpc) is 3.75. The van der Waals surface area contributed by atoms with Crippen LogP contribution in [0, 0.1) is 32.9 Å². The fraction of sp³-hybridized carbons (Fsp3) is 0.368. The summed E-state index contributed by atoms with van der Waals surface area (Å²) in [6, 6.07) is 33.5. The summed E-state index contributed by atoms with van der Waals surface area (Å²) in [5.41, 5.74) is 12.8. The van der Waals surface area contributed by atoms with Crippen molar-refractivity contribution in [2.75, 3.05) is 0 Å². The van der Waals surface area contributed by atoms with Gasteiger partial charge < -0.3 is 14.0 Å². The SMILES string of the molecule is [2H]C1([2H])c2c(ccc(C)c2C)[C@]2(C)OC(c3[c-]c(Oc4[c-]c5c(cc4C)c4cc(C(C)(C)C)cc6c4n5-c4ncccc4C6(C)C)cc(-c4c(C(C)C)cccc4C(C)C)c3)=N[C@]12C.[Pt+2]. The minimum absolute atomic E-state index is 0. The molecule has 0 saturated heterocycles. The van der Waals surface area contributed by atoms with E-state index in [0.29, 0.717) is 28.5 Å². The second-order valence-corrected chi connectivity index (χ2v) is 20.6. The third-order valence-corrected chi connectivity index (χ3v) is 14.4. The van der Waals surface area contributed by atoms with E-state index in [-0.39, 0.29) is 43.7 Å². The first-order valence-corrected chi connectivity index (χ1v) is 22.3. The number of fused-ring (bicyclic) bond motifs is 8. The van der Waals surface area contributed by atoms with Crippen LogP contribution < -0.4 is 4.74 Å². The van der Waals surface area contributed by atoms with Crippen molar-refractivity contribution in [2.24, 2.45) is 4.99 Å². The molecule has 4 heterocycles. The van der Waals surface area contributed by atoms with Gasteiger partial charge in [0.1, 0.15) is 17.3 Å². The summed E-state index contributed by atoms with van der Waals surface area (Å²) in [7, 11) is 0. The Morgan fingerprint density at radius 1 is 0.810 bits per heavy atom. The molecule has 5 nitrogen and oxygen atoms in total. The summed E-state index contributed by atoms with van der Waals surface area (Å²) < 4.78 is 35.7. The van der Waals surface area contributed by atoms with Crippen molar-refractivity contribution in [3.8, 4) is 28.4 Å². The fourth-order valence-corrected chi connectivity index (χ4v) is 10.3. The van der Waals surface area contributed by atoms with Crippen LogP contribution in [0.25, 0.3) is 38.8 Å². The van der Waals surface area contributed by atoms with Gasteiger partial charge >= 0.3 is 21.1 Å². The van der Waals surface area contributed by atoms with Crippen molar-refractivity contribution in [3.63, 3.8) is 0 Å². The van der Waals surface area contributed by atoms with Gasteiger partial charge in [0.25, 0.3) is 0 Å². The molecular formula is C57H59N3O2Pt. The fourth-order valence-electron chi connectivity index (χ4n) is 10.3. The number of hydrogen-bond acceptors (Lipinski definition) is 4. The number of pyridine rings is 1. The number of aryl methyl sites for hydroxylation is 2. The molecule has 2 atom stereocenters. The van der Waals surface area contributed by atoms with Crippen molar-refractivity contribution >= 4 is 27.7 Å². The molecule has 7 aromatic rings. The van der Waals surface area contributed by atoms with Gasteiger partial charge in [-0.3, -0.25) is 4.99 Å². The zero-order valence-corrected chi connectivity index (χ0v) is 41.4. The monoisotopic (exact) mass is 1010 g/mol. The van der Waals surface area contributed by atoms with Gasteiger partial charge in [-0.2, -0.15) is 6.07 Å². The molecule has 5 aromatic carbocycles. The maximum Gasteiger partial charge on any atom is 2.00 e. The summed E-state index contributed by atoms with van der Waals surface area (Å²) >= 11 is 0. The van der Waals surface area contributed by atoms with Gasteiger partial charge in [-0.1, -0.05) is 147 Å². The van der Waals surface area contributed by atoms with Crippen LogP contribution in [0.3, 0.4) is 0 Å². The van der Waals surface area contributed by atoms with E-state index in [1.165, 1.54) is 33.2 Å². The van der Waals surface area contributed by atoms with Crippen molar-refractivity contribution < 1.29 is 33.3 Å². The number of benzene rings is 5. The van der Waals surface area contributed by atoms with Crippen LogP contribution in [-0.2, 0) is 48.6 Å². The van der Waals surface area contributed by atoms with Crippen LogP contribution in [0.1, 0.15) is 152 Å². The number of aromatic nitrogens is 2. The van der Waals surface area contributed by atoms with Crippen molar-refractivity contribution in [3.05, 3.63) is 152 Å². The Morgan fingerprint density at radius 3 is 2.21 bits per heavy atom. The Labute approximate surface area is 391 Å². The summed E-state index contributed by atoms with van der Waals surface area (Å²) in [6.07, 6.45) is 0.0872. The van der Waals surface area contributed by atoms with Crippen LogP contribution in [0.15, 0.2) is 84.0 Å². The molecule has 0 unspecified atom stereocenters. The molecule has 0 amide bonds. The quantitative estimate of drug-likeness (QED) is 0.156. The number of rotatable bonds is 6. The van der Waals surface area contributed by atoms with Gasteiger partial charge in [0, 0.05) is 48.9 Å². The molecule has 63 heavy (non-hydrogen) atoms. The predicted molar refractivity (Wildman–Crippen MR) is 255 cm³/mol. The number of nitrogens with zero attached hydrogens (tertiary/aromatic N) is 3. The molecule has 0 N–H and O–H groups in total. The normalized spacial score (nSPS) is 20.8. The van der Waals surface area contributed by atoms with Crippen LogP contribution in [-0.4, -0.2) is 21.0 Å². The Balaban J connectivity index is 0.00000533. The molecule has 0 fully saturated rings. The molecule has 6 heteroatoms. The van der Waals surface area contributed by atoms with Crippen molar-refractivity contribution in [1.82, 2.24) is 9.55 Å². The average molecular weight is 1020 g/mol. The Kier molecular flexibility index (Phi) is 9.39. The molecule has 0 spiro atoms. The Bertz CT molecular complexity index is 3160. The molecule has 2 aliphatic heterocycles. The van der Waals surface area contributed by atoms with Gasteiger partial charge in [-0.05, 0) is 101 Å². The molecule has 10 rings (SSSR count). The van der Waals surface area contributed by atoms with Crippen molar-refractivity contribution in [1.29, 1.82) is 0 Å². The first-order chi connectivity index (χ1) is 30.0. The first kappa shape index (κ1) is 40.8. The van der Waals surface area contributed by atoms with Crippen LogP contribution in [0.2, 0.25) is 0 Å². The molecule has 0 radical (unpaired) electrons. The molecule has 2 aromatic heterocycles.